The first-order valence-electron chi connectivity index (χ1n) is 5.46. The highest BCUT2D eigenvalue weighted by Crippen LogP contribution is 2.24. The zero-order chi connectivity index (χ0) is 14.3. The van der Waals surface area contributed by atoms with Crippen molar-refractivity contribution in [3.63, 3.8) is 0 Å². The van der Waals surface area contributed by atoms with E-state index >= 15 is 0 Å². The van der Waals surface area contributed by atoms with E-state index in [4.69, 9.17) is 19.7 Å². The maximum atomic E-state index is 11.2. The number of methoxy groups -OCH3 is 1. The molecule has 0 spiro atoms. The molecule has 3 N–H and O–H groups in total. The second-order valence-electron chi connectivity index (χ2n) is 3.59. The molecular formula is C12H15NO6. The predicted molar refractivity (Wildman–Crippen MR) is 65.1 cm³/mol. The fourth-order valence-electron chi connectivity index (χ4n) is 1.32. The van der Waals surface area contributed by atoms with Gasteiger partial charge in [-0.3, -0.25) is 9.59 Å². The Kier molecular flexibility index (Phi) is 5.62. The Bertz CT molecular complexity index is 460. The third-order valence-corrected chi connectivity index (χ3v) is 2.24. The number of benzene rings is 1. The predicted octanol–water partition coefficient (Wildman–Crippen LogP) is -0.233. The highest BCUT2D eigenvalue weighted by molar-refractivity contribution is 5.82. The van der Waals surface area contributed by atoms with Crippen LogP contribution in [0.5, 0.6) is 11.5 Å². The van der Waals surface area contributed by atoms with Crippen LogP contribution in [0, 0.1) is 0 Å². The van der Waals surface area contributed by atoms with Gasteiger partial charge >= 0.3 is 5.97 Å². The summed E-state index contributed by atoms with van der Waals surface area (Å²) in [7, 11) is 1.46. The van der Waals surface area contributed by atoms with E-state index in [0.717, 1.165) is 0 Å². The van der Waals surface area contributed by atoms with Gasteiger partial charge in [0.05, 0.1) is 13.7 Å². The van der Waals surface area contributed by atoms with Crippen LogP contribution in [0.25, 0.3) is 0 Å². The first kappa shape index (κ1) is 14.8. The minimum atomic E-state index is -1.12. The standard InChI is InChI=1S/C12H15NO6/c1-18-10-4-9(3-2-8(10)6-14)19-7-11(15)13-5-12(16)17/h2-4,14H,5-7H2,1H3,(H,13,15)(H,16,17). The Morgan fingerprint density at radius 3 is 2.68 bits per heavy atom. The molecule has 0 heterocycles. The van der Waals surface area contributed by atoms with Gasteiger partial charge in [0.15, 0.2) is 6.61 Å². The van der Waals surface area contributed by atoms with E-state index in [2.05, 4.69) is 5.32 Å². The molecule has 7 nitrogen and oxygen atoms in total. The largest absolute Gasteiger partial charge is 0.496 e. The summed E-state index contributed by atoms with van der Waals surface area (Å²) in [6.07, 6.45) is 0. The lowest BCUT2D eigenvalue weighted by atomic mass is 10.2. The number of carboxylic acid groups (broad SMARTS) is 1. The van der Waals surface area contributed by atoms with E-state index in [0.29, 0.717) is 17.1 Å². The molecule has 0 aliphatic carbocycles. The number of nitrogens with one attached hydrogen (secondary N) is 1. The van der Waals surface area contributed by atoms with E-state index in [1.165, 1.54) is 13.2 Å². The minimum absolute atomic E-state index is 0.164. The van der Waals surface area contributed by atoms with Gasteiger partial charge in [-0.1, -0.05) is 0 Å². The van der Waals surface area contributed by atoms with Gasteiger partial charge in [0, 0.05) is 11.6 Å². The quantitative estimate of drug-likeness (QED) is 0.631. The Hall–Kier alpha value is -2.28. The average molecular weight is 269 g/mol. The highest BCUT2D eigenvalue weighted by Gasteiger charge is 2.07. The first-order valence-corrected chi connectivity index (χ1v) is 5.46. The second kappa shape index (κ2) is 7.22. The van der Waals surface area contributed by atoms with Crippen LogP contribution in [-0.2, 0) is 16.2 Å². The van der Waals surface area contributed by atoms with Gasteiger partial charge in [-0.05, 0) is 12.1 Å². The van der Waals surface area contributed by atoms with Crippen LogP contribution < -0.4 is 14.8 Å². The summed E-state index contributed by atoms with van der Waals surface area (Å²) in [5, 5.41) is 19.6. The van der Waals surface area contributed by atoms with Crippen molar-refractivity contribution < 1.29 is 29.3 Å². The number of carboxylic acids is 1. The summed E-state index contributed by atoms with van der Waals surface area (Å²) in [5.74, 6) is -0.819. The molecule has 0 aliphatic rings. The Balaban J connectivity index is 2.53. The summed E-state index contributed by atoms with van der Waals surface area (Å²) in [5.41, 5.74) is 0.602. The third-order valence-electron chi connectivity index (χ3n) is 2.24. The van der Waals surface area contributed by atoms with Crippen molar-refractivity contribution in [3.05, 3.63) is 23.8 Å². The molecule has 0 aliphatic heterocycles. The van der Waals surface area contributed by atoms with Crippen molar-refractivity contribution in [2.75, 3.05) is 20.3 Å². The summed E-state index contributed by atoms with van der Waals surface area (Å²) in [6, 6.07) is 4.73. The van der Waals surface area contributed by atoms with E-state index in [9.17, 15) is 9.59 Å². The molecule has 1 aromatic carbocycles. The number of carbonyl (C=O) groups is 2. The molecule has 1 amide bonds. The number of rotatable bonds is 7. The fraction of sp³-hybridized carbons (Fsp3) is 0.333. The van der Waals surface area contributed by atoms with Crippen LogP contribution in [-0.4, -0.2) is 42.4 Å². The molecule has 0 atom stereocenters. The summed E-state index contributed by atoms with van der Waals surface area (Å²) in [6.45, 7) is -0.910. The Labute approximate surface area is 109 Å². The lowest BCUT2D eigenvalue weighted by Crippen LogP contribution is -2.33. The van der Waals surface area contributed by atoms with Crippen molar-refractivity contribution in [1.82, 2.24) is 5.32 Å². The molecule has 0 radical (unpaired) electrons. The molecule has 104 valence electrons. The molecule has 7 heteroatoms. The topological polar surface area (TPSA) is 105 Å². The lowest BCUT2D eigenvalue weighted by Gasteiger charge is -2.10. The lowest BCUT2D eigenvalue weighted by molar-refractivity contribution is -0.138. The van der Waals surface area contributed by atoms with Crippen LogP contribution >= 0.6 is 0 Å². The van der Waals surface area contributed by atoms with Gasteiger partial charge in [0.2, 0.25) is 0 Å². The van der Waals surface area contributed by atoms with Crippen molar-refractivity contribution in [2.24, 2.45) is 0 Å². The Morgan fingerprint density at radius 1 is 1.37 bits per heavy atom. The van der Waals surface area contributed by atoms with Gasteiger partial charge in [-0.15, -0.1) is 0 Å². The zero-order valence-corrected chi connectivity index (χ0v) is 10.4. The number of amides is 1. The minimum Gasteiger partial charge on any atom is -0.496 e. The van der Waals surface area contributed by atoms with Crippen LogP contribution in [0.4, 0.5) is 0 Å². The molecular weight excluding hydrogens is 254 g/mol. The molecule has 0 saturated heterocycles. The molecule has 1 rings (SSSR count). The van der Waals surface area contributed by atoms with Gasteiger partial charge in [0.1, 0.15) is 18.0 Å². The Morgan fingerprint density at radius 2 is 2.11 bits per heavy atom. The van der Waals surface area contributed by atoms with Gasteiger partial charge in [-0.25, -0.2) is 0 Å². The number of carbonyl (C=O) groups excluding carboxylic acids is 1. The number of aliphatic hydroxyl groups is 1. The van der Waals surface area contributed by atoms with Gasteiger partial charge in [0.25, 0.3) is 5.91 Å². The van der Waals surface area contributed by atoms with Gasteiger partial charge in [-0.2, -0.15) is 0 Å². The third kappa shape index (κ3) is 4.84. The number of hydrogen-bond acceptors (Lipinski definition) is 5. The fourth-order valence-corrected chi connectivity index (χ4v) is 1.32. The molecule has 0 bridgehead atoms. The molecule has 19 heavy (non-hydrogen) atoms. The molecule has 0 fully saturated rings. The average Bonchev–Trinajstić information content (AvgIpc) is 2.42. The number of aliphatic carboxylic acids is 1. The van der Waals surface area contributed by atoms with E-state index < -0.39 is 18.4 Å². The van der Waals surface area contributed by atoms with Crippen molar-refractivity contribution in [1.29, 1.82) is 0 Å². The van der Waals surface area contributed by atoms with Crippen molar-refractivity contribution in [3.8, 4) is 11.5 Å². The number of hydrogen-bond donors (Lipinski definition) is 3. The second-order valence-corrected chi connectivity index (χ2v) is 3.59. The normalized spacial score (nSPS) is 9.79. The molecule has 0 aromatic heterocycles. The van der Waals surface area contributed by atoms with Crippen LogP contribution in [0.3, 0.4) is 0 Å². The molecule has 1 aromatic rings. The van der Waals surface area contributed by atoms with Crippen LogP contribution in [0.2, 0.25) is 0 Å². The monoisotopic (exact) mass is 269 g/mol. The summed E-state index contributed by atoms with van der Waals surface area (Å²) in [4.78, 5) is 21.5. The molecule has 0 unspecified atom stereocenters. The first-order chi connectivity index (χ1) is 9.06. The maximum Gasteiger partial charge on any atom is 0.322 e. The van der Waals surface area contributed by atoms with Gasteiger partial charge < -0.3 is 25.0 Å². The zero-order valence-electron chi connectivity index (χ0n) is 10.4. The maximum absolute atomic E-state index is 11.2. The number of ether oxygens (including phenoxy) is 2. The molecule has 0 saturated carbocycles. The summed E-state index contributed by atoms with van der Waals surface area (Å²) >= 11 is 0. The smallest absolute Gasteiger partial charge is 0.322 e. The van der Waals surface area contributed by atoms with Crippen molar-refractivity contribution >= 4 is 11.9 Å². The van der Waals surface area contributed by atoms with Crippen molar-refractivity contribution in [2.45, 2.75) is 6.61 Å². The summed E-state index contributed by atoms with van der Waals surface area (Å²) < 4.78 is 10.2. The van der Waals surface area contributed by atoms with E-state index in [1.54, 1.807) is 12.1 Å². The SMILES string of the molecule is COc1cc(OCC(=O)NCC(=O)O)ccc1CO. The van der Waals surface area contributed by atoms with Crippen LogP contribution in [0.15, 0.2) is 18.2 Å². The van der Waals surface area contributed by atoms with E-state index in [1.807, 2.05) is 0 Å². The highest BCUT2D eigenvalue weighted by atomic mass is 16.5. The van der Waals surface area contributed by atoms with Crippen LogP contribution in [0.1, 0.15) is 5.56 Å². The van der Waals surface area contributed by atoms with E-state index in [-0.39, 0.29) is 13.2 Å². The number of aliphatic hydroxyl groups excluding tert-OH is 1.